The van der Waals surface area contributed by atoms with Gasteiger partial charge in [-0.05, 0) is 30.0 Å². The Morgan fingerprint density at radius 3 is 2.62 bits per heavy atom. The molecule has 0 bridgehead atoms. The fourth-order valence-electron chi connectivity index (χ4n) is 1.04. The molecule has 0 spiro atoms. The number of nitrogens with zero attached hydrogens (tertiary/aromatic N) is 4. The molecule has 1 aromatic heterocycles. The third kappa shape index (κ3) is 1.90. The lowest BCUT2D eigenvalue weighted by Gasteiger charge is -2.15. The molecule has 0 aliphatic heterocycles. The largest absolute Gasteiger partial charge is 0.328 e. The van der Waals surface area contributed by atoms with Gasteiger partial charge >= 0.3 is 0 Å². The van der Waals surface area contributed by atoms with Crippen molar-refractivity contribution in [3.63, 3.8) is 0 Å². The van der Waals surface area contributed by atoms with Crippen LogP contribution in [-0.4, -0.2) is 28.5 Å². The second-order valence-electron chi connectivity index (χ2n) is 3.03. The predicted molar refractivity (Wildman–Crippen MR) is 52.9 cm³/mol. The van der Waals surface area contributed by atoms with Crippen LogP contribution in [-0.2, 0) is 7.05 Å². The minimum Gasteiger partial charge on any atom is -0.328 e. The molecule has 13 heavy (non-hydrogen) atoms. The molecular formula is C8H11BrN4. The zero-order valence-electron chi connectivity index (χ0n) is 7.82. The smallest absolute Gasteiger partial charge is 0.143 e. The molecule has 0 saturated carbocycles. The molecule has 0 radical (unpaired) electrons. The standard InChI is InChI=1S/C8H11BrN4/c1-12(2)6(4-10)7-8(9)13(3)5-11-7/h5-6H,1-3H3. The minimum absolute atomic E-state index is 0.296. The monoisotopic (exact) mass is 242 g/mol. The van der Waals surface area contributed by atoms with Gasteiger partial charge in [0.05, 0.1) is 12.4 Å². The Kier molecular flexibility index (Phi) is 3.07. The van der Waals surface area contributed by atoms with Crippen LogP contribution in [0, 0.1) is 11.3 Å². The van der Waals surface area contributed by atoms with E-state index in [-0.39, 0.29) is 6.04 Å². The number of aromatic nitrogens is 2. The van der Waals surface area contributed by atoms with E-state index in [0.29, 0.717) is 0 Å². The van der Waals surface area contributed by atoms with E-state index in [4.69, 9.17) is 5.26 Å². The minimum atomic E-state index is -0.296. The highest BCUT2D eigenvalue weighted by atomic mass is 79.9. The summed E-state index contributed by atoms with van der Waals surface area (Å²) in [6.45, 7) is 0. The van der Waals surface area contributed by atoms with E-state index in [9.17, 15) is 0 Å². The number of rotatable bonds is 2. The number of halogens is 1. The topological polar surface area (TPSA) is 44.9 Å². The molecule has 0 saturated heterocycles. The Balaban J connectivity index is 3.07. The van der Waals surface area contributed by atoms with Crippen LogP contribution in [0.15, 0.2) is 10.9 Å². The van der Waals surface area contributed by atoms with Crippen LogP contribution < -0.4 is 0 Å². The Morgan fingerprint density at radius 1 is 1.69 bits per heavy atom. The van der Waals surface area contributed by atoms with Gasteiger partial charge in [-0.3, -0.25) is 4.90 Å². The van der Waals surface area contributed by atoms with Crippen LogP contribution in [0.4, 0.5) is 0 Å². The molecule has 0 aliphatic rings. The number of imidazole rings is 1. The summed E-state index contributed by atoms with van der Waals surface area (Å²) in [7, 11) is 5.59. The van der Waals surface area contributed by atoms with Gasteiger partial charge in [0, 0.05) is 7.05 Å². The van der Waals surface area contributed by atoms with Gasteiger partial charge in [-0.25, -0.2) is 4.98 Å². The van der Waals surface area contributed by atoms with E-state index in [1.165, 1.54) is 0 Å². The Morgan fingerprint density at radius 2 is 2.31 bits per heavy atom. The van der Waals surface area contributed by atoms with Crippen molar-refractivity contribution in [1.82, 2.24) is 14.5 Å². The van der Waals surface area contributed by atoms with Crippen LogP contribution in [0.5, 0.6) is 0 Å². The number of nitriles is 1. The maximum Gasteiger partial charge on any atom is 0.143 e. The van der Waals surface area contributed by atoms with E-state index >= 15 is 0 Å². The van der Waals surface area contributed by atoms with Crippen LogP contribution in [0.1, 0.15) is 11.7 Å². The molecule has 1 heterocycles. The molecule has 5 heteroatoms. The molecule has 1 aromatic rings. The summed E-state index contributed by atoms with van der Waals surface area (Å²) in [5, 5.41) is 8.92. The van der Waals surface area contributed by atoms with Crippen molar-refractivity contribution in [1.29, 1.82) is 5.26 Å². The molecule has 1 unspecified atom stereocenters. The van der Waals surface area contributed by atoms with Gasteiger partial charge in [0.25, 0.3) is 0 Å². The van der Waals surface area contributed by atoms with Gasteiger partial charge in [-0.1, -0.05) is 0 Å². The molecule has 0 amide bonds. The summed E-state index contributed by atoms with van der Waals surface area (Å²) in [6.07, 6.45) is 1.69. The number of hydrogen-bond donors (Lipinski definition) is 0. The molecule has 1 rings (SSSR count). The molecular weight excluding hydrogens is 232 g/mol. The van der Waals surface area contributed by atoms with Crippen molar-refractivity contribution in [2.75, 3.05) is 14.1 Å². The van der Waals surface area contributed by atoms with Crippen molar-refractivity contribution in [2.24, 2.45) is 7.05 Å². The third-order valence-electron chi connectivity index (χ3n) is 1.79. The lowest BCUT2D eigenvalue weighted by molar-refractivity contribution is 0.352. The number of hydrogen-bond acceptors (Lipinski definition) is 3. The van der Waals surface area contributed by atoms with Gasteiger partial charge in [0.15, 0.2) is 0 Å². The summed E-state index contributed by atoms with van der Waals surface area (Å²) in [5.74, 6) is 0. The average Bonchev–Trinajstić information content (AvgIpc) is 2.37. The highest BCUT2D eigenvalue weighted by Crippen LogP contribution is 2.23. The van der Waals surface area contributed by atoms with E-state index < -0.39 is 0 Å². The molecule has 1 atom stereocenters. The molecule has 0 aliphatic carbocycles. The number of aryl methyl sites for hydroxylation is 1. The molecule has 4 nitrogen and oxygen atoms in total. The van der Waals surface area contributed by atoms with Crippen molar-refractivity contribution in [3.8, 4) is 6.07 Å². The maximum atomic E-state index is 8.92. The van der Waals surface area contributed by atoms with Crippen molar-refractivity contribution < 1.29 is 0 Å². The predicted octanol–water partition coefficient (Wildman–Crippen LogP) is 1.31. The average molecular weight is 243 g/mol. The Bertz CT molecular complexity index is 336. The van der Waals surface area contributed by atoms with Gasteiger partial charge in [0.2, 0.25) is 0 Å². The first kappa shape index (κ1) is 10.2. The van der Waals surface area contributed by atoms with Crippen molar-refractivity contribution in [3.05, 3.63) is 16.6 Å². The maximum absolute atomic E-state index is 8.92. The van der Waals surface area contributed by atoms with E-state index in [2.05, 4.69) is 27.0 Å². The normalized spacial score (nSPS) is 12.9. The summed E-state index contributed by atoms with van der Waals surface area (Å²) in [4.78, 5) is 5.99. The van der Waals surface area contributed by atoms with Crippen LogP contribution in [0.25, 0.3) is 0 Å². The summed E-state index contributed by atoms with van der Waals surface area (Å²) >= 11 is 3.38. The first-order valence-corrected chi connectivity index (χ1v) is 4.60. The van der Waals surface area contributed by atoms with Gasteiger partial charge in [-0.15, -0.1) is 0 Å². The lowest BCUT2D eigenvalue weighted by Crippen LogP contribution is -2.19. The second kappa shape index (κ2) is 3.90. The van der Waals surface area contributed by atoms with E-state index in [1.54, 1.807) is 6.33 Å². The van der Waals surface area contributed by atoms with E-state index in [0.717, 1.165) is 10.3 Å². The zero-order chi connectivity index (χ0) is 10.0. The van der Waals surface area contributed by atoms with Crippen LogP contribution >= 0.6 is 15.9 Å². The second-order valence-corrected chi connectivity index (χ2v) is 3.78. The highest BCUT2D eigenvalue weighted by Gasteiger charge is 2.19. The third-order valence-corrected chi connectivity index (χ3v) is 2.75. The van der Waals surface area contributed by atoms with Gasteiger partial charge in [-0.2, -0.15) is 5.26 Å². The van der Waals surface area contributed by atoms with Crippen molar-refractivity contribution >= 4 is 15.9 Å². The molecule has 70 valence electrons. The van der Waals surface area contributed by atoms with Crippen LogP contribution in [0.3, 0.4) is 0 Å². The first-order valence-electron chi connectivity index (χ1n) is 3.80. The lowest BCUT2D eigenvalue weighted by atomic mass is 10.2. The fourth-order valence-corrected chi connectivity index (χ4v) is 1.45. The zero-order valence-corrected chi connectivity index (χ0v) is 9.41. The summed E-state index contributed by atoms with van der Waals surface area (Å²) in [6, 6.07) is 1.90. The first-order chi connectivity index (χ1) is 6.07. The molecule has 0 aromatic carbocycles. The fraction of sp³-hybridized carbons (Fsp3) is 0.500. The molecule has 0 N–H and O–H groups in total. The SMILES string of the molecule is CN(C)C(C#N)c1ncn(C)c1Br. The highest BCUT2D eigenvalue weighted by molar-refractivity contribution is 9.10. The van der Waals surface area contributed by atoms with Crippen LogP contribution in [0.2, 0.25) is 0 Å². The Hall–Kier alpha value is -0.860. The van der Waals surface area contributed by atoms with Gasteiger partial charge in [0.1, 0.15) is 16.3 Å². The summed E-state index contributed by atoms with van der Waals surface area (Å²) < 4.78 is 2.69. The molecule has 0 fully saturated rings. The quantitative estimate of drug-likeness (QED) is 0.786. The Labute approximate surface area is 85.9 Å². The van der Waals surface area contributed by atoms with Crippen molar-refractivity contribution in [2.45, 2.75) is 6.04 Å². The van der Waals surface area contributed by atoms with E-state index in [1.807, 2.05) is 30.6 Å². The van der Waals surface area contributed by atoms with Gasteiger partial charge < -0.3 is 4.57 Å². The summed E-state index contributed by atoms with van der Waals surface area (Å²) in [5.41, 5.74) is 0.759.